The molecule has 13 heavy (non-hydrogen) atoms. The minimum absolute atomic E-state index is 0.0475. The van der Waals surface area contributed by atoms with Crippen LogP contribution in [0.4, 0.5) is 0 Å². The molecule has 0 fully saturated rings. The van der Waals surface area contributed by atoms with E-state index in [0.29, 0.717) is 20.1 Å². The van der Waals surface area contributed by atoms with E-state index in [2.05, 4.69) is 41.8 Å². The second kappa shape index (κ2) is 3.23. The summed E-state index contributed by atoms with van der Waals surface area (Å²) in [4.78, 5) is 18.5. The molecule has 0 saturated heterocycles. The molecule has 0 aliphatic heterocycles. The molecule has 0 unspecified atom stereocenters. The lowest BCUT2D eigenvalue weighted by Crippen LogP contribution is -2.04. The van der Waals surface area contributed by atoms with Crippen LogP contribution < -0.4 is 5.43 Å². The lowest BCUT2D eigenvalue weighted by Gasteiger charge is -1.97. The van der Waals surface area contributed by atoms with Gasteiger partial charge in [0.05, 0.1) is 9.86 Å². The van der Waals surface area contributed by atoms with Gasteiger partial charge >= 0.3 is 0 Å². The van der Waals surface area contributed by atoms with Crippen LogP contribution in [0.5, 0.6) is 0 Å². The first-order valence-electron chi connectivity index (χ1n) is 3.52. The molecule has 0 atom stereocenters. The molecule has 2 aromatic heterocycles. The van der Waals surface area contributed by atoms with Gasteiger partial charge in [0.2, 0.25) is 5.43 Å². The monoisotopic (exact) mass is 302 g/mol. The van der Waals surface area contributed by atoms with Crippen LogP contribution in [0.2, 0.25) is 0 Å². The second-order valence-electron chi connectivity index (χ2n) is 2.50. The van der Waals surface area contributed by atoms with E-state index >= 15 is 0 Å². The number of hydrogen-bond donors (Lipinski definition) is 1. The summed E-state index contributed by atoms with van der Waals surface area (Å²) in [5.74, 6) is 0. The normalized spacial score (nSPS) is 10.6. The number of nitrogens with one attached hydrogen (secondary N) is 1. The zero-order valence-electron chi connectivity index (χ0n) is 6.34. The highest BCUT2D eigenvalue weighted by molar-refractivity contribution is 9.10. The van der Waals surface area contributed by atoms with Crippen LogP contribution in [0, 0.1) is 0 Å². The van der Waals surface area contributed by atoms with Crippen molar-refractivity contribution in [1.82, 2.24) is 9.97 Å². The van der Waals surface area contributed by atoms with Crippen molar-refractivity contribution in [2.45, 2.75) is 0 Å². The Bertz CT molecular complexity index is 521. The summed E-state index contributed by atoms with van der Waals surface area (Å²) >= 11 is 6.38. The van der Waals surface area contributed by atoms with Gasteiger partial charge < -0.3 is 4.98 Å². The Hall–Kier alpha value is -0.680. The summed E-state index contributed by atoms with van der Waals surface area (Å²) in [5.41, 5.74) is 0.538. The summed E-state index contributed by atoms with van der Waals surface area (Å²) in [6.07, 6.45) is 1.59. The molecule has 1 N–H and O–H groups in total. The molecule has 0 aliphatic carbocycles. The highest BCUT2D eigenvalue weighted by Gasteiger charge is 2.03. The maximum absolute atomic E-state index is 11.5. The van der Waals surface area contributed by atoms with E-state index in [1.54, 1.807) is 18.3 Å². The Morgan fingerprint density at radius 1 is 1.31 bits per heavy atom. The quantitative estimate of drug-likeness (QED) is 0.760. The molecule has 0 amide bonds. The van der Waals surface area contributed by atoms with Gasteiger partial charge in [0.15, 0.2) is 0 Å². The third-order valence-electron chi connectivity index (χ3n) is 1.66. The summed E-state index contributed by atoms with van der Waals surface area (Å²) < 4.78 is 1.22. The van der Waals surface area contributed by atoms with Gasteiger partial charge in [0.25, 0.3) is 0 Å². The Kier molecular flexibility index (Phi) is 2.21. The van der Waals surface area contributed by atoms with Crippen LogP contribution in [-0.2, 0) is 0 Å². The van der Waals surface area contributed by atoms with Crippen LogP contribution >= 0.6 is 31.9 Å². The van der Waals surface area contributed by atoms with E-state index < -0.39 is 0 Å². The van der Waals surface area contributed by atoms with Gasteiger partial charge in [0, 0.05) is 6.20 Å². The molecular weight excluding hydrogens is 300 g/mol. The van der Waals surface area contributed by atoms with Crippen molar-refractivity contribution in [3.8, 4) is 0 Å². The van der Waals surface area contributed by atoms with Crippen molar-refractivity contribution in [2.75, 3.05) is 0 Å². The fourth-order valence-electron chi connectivity index (χ4n) is 1.05. The number of aromatic nitrogens is 2. The molecule has 0 radical (unpaired) electrons. The highest BCUT2D eigenvalue weighted by Crippen LogP contribution is 2.12. The SMILES string of the molecule is O=c1c(Br)c[nH]c2nc(Br)ccc12. The van der Waals surface area contributed by atoms with Gasteiger partial charge in [-0.05, 0) is 44.0 Å². The van der Waals surface area contributed by atoms with E-state index in [4.69, 9.17) is 0 Å². The maximum atomic E-state index is 11.5. The molecular formula is C8H4Br2N2O. The van der Waals surface area contributed by atoms with Crippen LogP contribution in [0.1, 0.15) is 0 Å². The molecule has 0 spiro atoms. The average molecular weight is 304 g/mol. The first-order valence-corrected chi connectivity index (χ1v) is 5.10. The molecule has 66 valence electrons. The van der Waals surface area contributed by atoms with Crippen LogP contribution in [0.15, 0.2) is 32.2 Å². The fourth-order valence-corrected chi connectivity index (χ4v) is 1.69. The van der Waals surface area contributed by atoms with E-state index in [1.807, 2.05) is 0 Å². The van der Waals surface area contributed by atoms with E-state index in [9.17, 15) is 4.79 Å². The minimum Gasteiger partial charge on any atom is -0.345 e. The predicted molar refractivity (Wildman–Crippen MR) is 57.8 cm³/mol. The minimum atomic E-state index is -0.0475. The smallest absolute Gasteiger partial charge is 0.205 e. The highest BCUT2D eigenvalue weighted by atomic mass is 79.9. The van der Waals surface area contributed by atoms with Crippen LogP contribution in [0.25, 0.3) is 11.0 Å². The summed E-state index contributed by atoms with van der Waals surface area (Å²) in [7, 11) is 0. The fraction of sp³-hybridized carbons (Fsp3) is 0. The lowest BCUT2D eigenvalue weighted by molar-refractivity contribution is 1.24. The zero-order chi connectivity index (χ0) is 9.42. The van der Waals surface area contributed by atoms with Crippen molar-refractivity contribution in [2.24, 2.45) is 0 Å². The first-order chi connectivity index (χ1) is 6.18. The van der Waals surface area contributed by atoms with E-state index in [0.717, 1.165) is 0 Å². The van der Waals surface area contributed by atoms with Gasteiger partial charge in [-0.25, -0.2) is 4.98 Å². The number of halogens is 2. The van der Waals surface area contributed by atoms with Crippen LogP contribution in [0.3, 0.4) is 0 Å². The molecule has 3 nitrogen and oxygen atoms in total. The molecule has 5 heteroatoms. The molecule has 0 aromatic carbocycles. The van der Waals surface area contributed by atoms with Crippen molar-refractivity contribution in [3.63, 3.8) is 0 Å². The van der Waals surface area contributed by atoms with Gasteiger partial charge in [-0.15, -0.1) is 0 Å². The molecule has 2 heterocycles. The molecule has 2 rings (SSSR count). The van der Waals surface area contributed by atoms with Crippen molar-refractivity contribution >= 4 is 42.9 Å². The van der Waals surface area contributed by atoms with Crippen LogP contribution in [-0.4, -0.2) is 9.97 Å². The summed E-state index contributed by atoms with van der Waals surface area (Å²) in [6, 6.07) is 3.47. The Morgan fingerprint density at radius 2 is 2.08 bits per heavy atom. The maximum Gasteiger partial charge on any atom is 0.205 e. The van der Waals surface area contributed by atoms with Gasteiger partial charge in [0.1, 0.15) is 10.3 Å². The Labute approximate surface area is 90.4 Å². The largest absolute Gasteiger partial charge is 0.345 e. The van der Waals surface area contributed by atoms with Crippen molar-refractivity contribution in [1.29, 1.82) is 0 Å². The third-order valence-corrected chi connectivity index (χ3v) is 2.69. The number of rotatable bonds is 0. The van der Waals surface area contributed by atoms with Gasteiger partial charge in [-0.2, -0.15) is 0 Å². The summed E-state index contributed by atoms with van der Waals surface area (Å²) in [6.45, 7) is 0. The molecule has 0 saturated carbocycles. The topological polar surface area (TPSA) is 45.8 Å². The number of H-pyrrole nitrogens is 1. The number of fused-ring (bicyclic) bond motifs is 1. The van der Waals surface area contributed by atoms with Gasteiger partial charge in [-0.3, -0.25) is 4.79 Å². The number of nitrogens with zero attached hydrogens (tertiary/aromatic N) is 1. The lowest BCUT2D eigenvalue weighted by atomic mass is 10.3. The zero-order valence-corrected chi connectivity index (χ0v) is 9.52. The van der Waals surface area contributed by atoms with Crippen molar-refractivity contribution in [3.05, 3.63) is 37.6 Å². The summed E-state index contributed by atoms with van der Waals surface area (Å²) in [5, 5.41) is 0.581. The van der Waals surface area contributed by atoms with Crippen molar-refractivity contribution < 1.29 is 0 Å². The third kappa shape index (κ3) is 1.53. The first kappa shape index (κ1) is 8.90. The molecule has 0 bridgehead atoms. The number of pyridine rings is 2. The van der Waals surface area contributed by atoms with E-state index in [1.165, 1.54) is 0 Å². The molecule has 2 aromatic rings. The number of aromatic amines is 1. The van der Waals surface area contributed by atoms with Gasteiger partial charge in [-0.1, -0.05) is 0 Å². The predicted octanol–water partition coefficient (Wildman–Crippen LogP) is 2.45. The Morgan fingerprint density at radius 3 is 2.85 bits per heavy atom. The van der Waals surface area contributed by atoms with E-state index in [-0.39, 0.29) is 5.43 Å². The molecule has 0 aliphatic rings. The number of hydrogen-bond acceptors (Lipinski definition) is 2. The average Bonchev–Trinajstić information content (AvgIpc) is 2.12. The Balaban J connectivity index is 2.95. The standard InChI is InChI=1S/C8H4Br2N2O/c9-5-3-11-8-4(7(5)13)1-2-6(10)12-8/h1-3H,(H,11,12,13). The second-order valence-corrected chi connectivity index (χ2v) is 4.16.